The summed E-state index contributed by atoms with van der Waals surface area (Å²) in [4.78, 5) is 23.2. The quantitative estimate of drug-likeness (QED) is 0.0971. The van der Waals surface area contributed by atoms with Gasteiger partial charge in [-0.15, -0.1) is 0 Å². The fourth-order valence-corrected chi connectivity index (χ4v) is 10.6. The molecule has 2 fully saturated rings. The highest BCUT2D eigenvalue weighted by Crippen LogP contribution is 2.36. The van der Waals surface area contributed by atoms with Crippen LogP contribution in [-0.2, 0) is 39.7 Å². The first-order valence-corrected chi connectivity index (χ1v) is 19.9. The van der Waals surface area contributed by atoms with Crippen LogP contribution in [-0.4, -0.2) is 84.8 Å². The zero-order valence-electron chi connectivity index (χ0n) is 26.7. The molecule has 258 valence electrons. The van der Waals surface area contributed by atoms with Gasteiger partial charge in [0.15, 0.2) is 0 Å². The zero-order chi connectivity index (χ0) is 34.3. The van der Waals surface area contributed by atoms with Crippen LogP contribution in [0.25, 0.3) is 0 Å². The van der Waals surface area contributed by atoms with E-state index in [9.17, 15) is 26.6 Å². The molecule has 0 saturated carbocycles. The lowest BCUT2D eigenvalue weighted by Gasteiger charge is -2.34. The second-order valence-electron chi connectivity index (χ2n) is 13.1. The third kappa shape index (κ3) is 7.97. The van der Waals surface area contributed by atoms with Gasteiger partial charge in [0, 0.05) is 48.4 Å². The SMILES string of the molecule is CC1CC(C)CN(S(=O)(=O)Cc2ccc3c(c2)/C(=N/OCOP(=O)(O)O)c2ccc(S(=O)(=O)N4CC(C)CC(C)C4)cc2/C3=N/O)C1. The van der Waals surface area contributed by atoms with E-state index in [1.165, 1.54) is 26.8 Å². The number of benzene rings is 2. The second kappa shape index (κ2) is 13.7. The van der Waals surface area contributed by atoms with Crippen molar-refractivity contribution >= 4 is 39.3 Å². The number of piperidine rings is 2. The van der Waals surface area contributed by atoms with Gasteiger partial charge in [0.1, 0.15) is 11.4 Å². The molecule has 1 aliphatic carbocycles. The highest BCUT2D eigenvalue weighted by Gasteiger charge is 2.36. The Morgan fingerprint density at radius 3 is 1.89 bits per heavy atom. The fraction of sp³-hybridized carbons (Fsp3) is 0.533. The Hall–Kier alpha value is -2.69. The molecule has 0 spiro atoms. The van der Waals surface area contributed by atoms with E-state index >= 15 is 0 Å². The summed E-state index contributed by atoms with van der Waals surface area (Å²) in [5, 5.41) is 17.8. The summed E-state index contributed by atoms with van der Waals surface area (Å²) in [7, 11) is -12.5. The van der Waals surface area contributed by atoms with Crippen molar-refractivity contribution < 1.29 is 45.8 Å². The molecule has 4 unspecified atom stereocenters. The molecule has 17 heteroatoms. The molecule has 2 aliphatic heterocycles. The number of hydrogen-bond donors (Lipinski definition) is 3. The van der Waals surface area contributed by atoms with E-state index in [2.05, 4.69) is 14.8 Å². The van der Waals surface area contributed by atoms with E-state index in [1.807, 2.05) is 27.7 Å². The number of sulfonamides is 2. The van der Waals surface area contributed by atoms with Crippen molar-refractivity contribution in [3.05, 3.63) is 64.2 Å². The van der Waals surface area contributed by atoms with Gasteiger partial charge in [0.05, 0.1) is 10.6 Å². The molecule has 3 aliphatic rings. The van der Waals surface area contributed by atoms with E-state index in [4.69, 9.17) is 14.6 Å². The largest absolute Gasteiger partial charge is 0.472 e. The van der Waals surface area contributed by atoms with Gasteiger partial charge >= 0.3 is 7.82 Å². The topological polar surface area (TPSA) is 196 Å². The van der Waals surface area contributed by atoms with Gasteiger partial charge in [-0.1, -0.05) is 56.2 Å². The van der Waals surface area contributed by atoms with Gasteiger partial charge < -0.3 is 19.8 Å². The van der Waals surface area contributed by atoms with Crippen LogP contribution in [0.4, 0.5) is 0 Å². The average molecular weight is 713 g/mol. The van der Waals surface area contributed by atoms with E-state index in [0.29, 0.717) is 48.4 Å². The standard InChI is InChI=1S/C30H41N4O10PS2/c1-19-9-20(2)14-33(13-19)46(39,40)17-23-5-7-25-27(11-23)30(32-43-18-44-45(36,37)38)26-8-6-24(12-28(26)29(25)31-35)47(41,42)34-15-21(3)10-22(4)16-34/h5-8,11-12,19-22,35H,9-10,13-18H2,1-4H3,(H2,36,37,38)/b31-29+,32-30+. The first-order valence-electron chi connectivity index (χ1n) is 15.4. The number of phosphoric acid groups is 1. The van der Waals surface area contributed by atoms with Crippen LogP contribution in [0.3, 0.4) is 0 Å². The van der Waals surface area contributed by atoms with Gasteiger partial charge in [-0.3, -0.25) is 0 Å². The third-order valence-electron chi connectivity index (χ3n) is 8.68. The Morgan fingerprint density at radius 1 is 0.787 bits per heavy atom. The van der Waals surface area contributed by atoms with Crippen LogP contribution in [0, 0.1) is 23.7 Å². The number of phosphoric ester groups is 1. The Kier molecular flexibility index (Phi) is 10.4. The molecule has 2 heterocycles. The van der Waals surface area contributed by atoms with Gasteiger partial charge in [-0.05, 0) is 60.3 Å². The molecular formula is C30H41N4O10PS2. The minimum Gasteiger partial charge on any atom is -0.410 e. The molecule has 0 radical (unpaired) electrons. The Labute approximate surface area is 275 Å². The van der Waals surface area contributed by atoms with Crippen molar-refractivity contribution in [3.63, 3.8) is 0 Å². The monoisotopic (exact) mass is 712 g/mol. The smallest absolute Gasteiger partial charge is 0.410 e. The Bertz CT molecular complexity index is 1820. The van der Waals surface area contributed by atoms with Crippen molar-refractivity contribution in [1.82, 2.24) is 8.61 Å². The number of nitrogens with zero attached hydrogens (tertiary/aromatic N) is 4. The van der Waals surface area contributed by atoms with Crippen molar-refractivity contribution in [2.45, 2.75) is 51.2 Å². The van der Waals surface area contributed by atoms with Crippen molar-refractivity contribution in [1.29, 1.82) is 0 Å². The summed E-state index contributed by atoms with van der Waals surface area (Å²) in [6.07, 6.45) is 1.86. The summed E-state index contributed by atoms with van der Waals surface area (Å²) in [5.41, 5.74) is 1.68. The lowest BCUT2D eigenvalue weighted by molar-refractivity contribution is 0.00129. The molecule has 47 heavy (non-hydrogen) atoms. The van der Waals surface area contributed by atoms with Crippen molar-refractivity contribution in [3.8, 4) is 0 Å². The summed E-state index contributed by atoms with van der Waals surface area (Å²) < 4.78 is 73.0. The molecule has 4 atom stereocenters. The van der Waals surface area contributed by atoms with Crippen LogP contribution >= 0.6 is 7.82 Å². The number of fused-ring (bicyclic) bond motifs is 2. The molecule has 0 bridgehead atoms. The molecule has 0 aromatic heterocycles. The Morgan fingerprint density at radius 2 is 1.32 bits per heavy atom. The van der Waals surface area contributed by atoms with Gasteiger partial charge in [0.25, 0.3) is 0 Å². The third-order valence-corrected chi connectivity index (χ3v) is 12.7. The van der Waals surface area contributed by atoms with Crippen LogP contribution in [0.2, 0.25) is 0 Å². The predicted octanol–water partition coefficient (Wildman–Crippen LogP) is 3.54. The summed E-state index contributed by atoms with van der Waals surface area (Å²) in [6, 6.07) is 9.02. The molecule has 2 aromatic carbocycles. The molecule has 2 saturated heterocycles. The van der Waals surface area contributed by atoms with Crippen LogP contribution in [0.15, 0.2) is 51.6 Å². The van der Waals surface area contributed by atoms with Gasteiger partial charge in [-0.25, -0.2) is 30.2 Å². The van der Waals surface area contributed by atoms with E-state index in [-0.39, 0.29) is 51.3 Å². The average Bonchev–Trinajstić information content (AvgIpc) is 2.97. The maximum Gasteiger partial charge on any atom is 0.472 e. The second-order valence-corrected chi connectivity index (χ2v) is 18.3. The maximum atomic E-state index is 13.8. The molecule has 14 nitrogen and oxygen atoms in total. The first kappa shape index (κ1) is 35.6. The Balaban J connectivity index is 1.55. The fourth-order valence-electron chi connectivity index (χ4n) is 6.94. The highest BCUT2D eigenvalue weighted by atomic mass is 32.2. The van der Waals surface area contributed by atoms with Gasteiger partial charge in [-0.2, -0.15) is 4.31 Å². The number of oxime groups is 2. The highest BCUT2D eigenvalue weighted by molar-refractivity contribution is 7.89. The van der Waals surface area contributed by atoms with E-state index in [0.717, 1.165) is 12.8 Å². The molecule has 0 amide bonds. The van der Waals surface area contributed by atoms with Crippen LogP contribution < -0.4 is 0 Å². The summed E-state index contributed by atoms with van der Waals surface area (Å²) in [6.45, 7) is 8.73. The minimum absolute atomic E-state index is 0.0139. The summed E-state index contributed by atoms with van der Waals surface area (Å²) >= 11 is 0. The van der Waals surface area contributed by atoms with Crippen molar-refractivity contribution in [2.75, 3.05) is 33.0 Å². The van der Waals surface area contributed by atoms with Crippen molar-refractivity contribution in [2.24, 2.45) is 34.0 Å². The molecule has 5 rings (SSSR count). The molecule has 2 aromatic rings. The number of rotatable bonds is 9. The normalized spacial score (nSPS) is 26.3. The number of hydrogen-bond acceptors (Lipinski definition) is 10. The lowest BCUT2D eigenvalue weighted by Crippen LogP contribution is -2.43. The van der Waals surface area contributed by atoms with E-state index in [1.54, 1.807) is 18.2 Å². The zero-order valence-corrected chi connectivity index (χ0v) is 29.2. The minimum atomic E-state index is -4.87. The molecule has 3 N–H and O–H groups in total. The summed E-state index contributed by atoms with van der Waals surface area (Å²) in [5.74, 6) is 0.492. The molecular weight excluding hydrogens is 671 g/mol. The van der Waals surface area contributed by atoms with Gasteiger partial charge in [0.2, 0.25) is 26.8 Å². The van der Waals surface area contributed by atoms with Crippen LogP contribution in [0.1, 0.15) is 68.4 Å². The first-order chi connectivity index (χ1) is 22.0. The van der Waals surface area contributed by atoms with Crippen LogP contribution in [0.5, 0.6) is 0 Å². The van der Waals surface area contributed by atoms with E-state index < -0.39 is 34.7 Å². The predicted molar refractivity (Wildman–Crippen MR) is 174 cm³/mol. The lowest BCUT2D eigenvalue weighted by atomic mass is 9.82. The maximum absolute atomic E-state index is 13.8.